The Morgan fingerprint density at radius 1 is 1.28 bits per heavy atom. The summed E-state index contributed by atoms with van der Waals surface area (Å²) in [7, 11) is 0. The Hall–Kier alpha value is -2.86. The smallest absolute Gasteiger partial charge is 0.270 e. The highest BCUT2D eigenvalue weighted by Gasteiger charge is 2.20. The molecule has 6 nitrogen and oxygen atoms in total. The van der Waals surface area contributed by atoms with Crippen LogP contribution in [-0.4, -0.2) is 43.6 Å². The van der Waals surface area contributed by atoms with Crippen LogP contribution >= 0.6 is 11.6 Å². The molecule has 3 heterocycles. The Morgan fingerprint density at radius 3 is 2.88 bits per heavy atom. The highest BCUT2D eigenvalue weighted by molar-refractivity contribution is 6.33. The standard InChI is InChI=1S/C18H16ClN5O/c1-12-5-4-6-15(16(12)19)24-11-21-22-17(24)13-9-14(20-10-13)18(25)23-7-2-3-8-23/h2-6,9-11,20H,7-8H2,1H3. The van der Waals surface area contributed by atoms with E-state index in [2.05, 4.69) is 15.2 Å². The van der Waals surface area contributed by atoms with Gasteiger partial charge in [-0.2, -0.15) is 0 Å². The molecule has 1 aliphatic heterocycles. The van der Waals surface area contributed by atoms with E-state index in [4.69, 9.17) is 11.6 Å². The first kappa shape index (κ1) is 15.7. The van der Waals surface area contributed by atoms with Gasteiger partial charge in [-0.3, -0.25) is 9.36 Å². The van der Waals surface area contributed by atoms with Gasteiger partial charge in [-0.15, -0.1) is 10.2 Å². The van der Waals surface area contributed by atoms with Crippen LogP contribution in [0.2, 0.25) is 5.02 Å². The van der Waals surface area contributed by atoms with E-state index in [1.54, 1.807) is 23.5 Å². The van der Waals surface area contributed by atoms with Crippen molar-refractivity contribution in [3.8, 4) is 17.1 Å². The molecule has 0 spiro atoms. The van der Waals surface area contributed by atoms with Crippen molar-refractivity contribution in [2.24, 2.45) is 0 Å². The lowest BCUT2D eigenvalue weighted by Gasteiger charge is -2.13. The number of aromatic nitrogens is 4. The molecule has 3 aromatic rings. The number of aryl methyl sites for hydroxylation is 1. The maximum absolute atomic E-state index is 12.5. The number of nitrogens with zero attached hydrogens (tertiary/aromatic N) is 4. The Labute approximate surface area is 149 Å². The average Bonchev–Trinajstić information content (AvgIpc) is 3.37. The number of amides is 1. The molecule has 1 N–H and O–H groups in total. The second-order valence-electron chi connectivity index (χ2n) is 5.92. The average molecular weight is 354 g/mol. The third-order valence-corrected chi connectivity index (χ3v) is 4.75. The van der Waals surface area contributed by atoms with Gasteiger partial charge in [0.2, 0.25) is 0 Å². The predicted octanol–water partition coefficient (Wildman–Crippen LogP) is 3.24. The van der Waals surface area contributed by atoms with E-state index >= 15 is 0 Å². The summed E-state index contributed by atoms with van der Waals surface area (Å²) < 4.78 is 1.82. The van der Waals surface area contributed by atoms with Gasteiger partial charge in [-0.1, -0.05) is 35.9 Å². The zero-order valence-electron chi connectivity index (χ0n) is 13.6. The largest absolute Gasteiger partial charge is 0.356 e. The van der Waals surface area contributed by atoms with Crippen LogP contribution in [0.25, 0.3) is 17.1 Å². The van der Waals surface area contributed by atoms with Gasteiger partial charge in [0.15, 0.2) is 5.82 Å². The van der Waals surface area contributed by atoms with Gasteiger partial charge in [-0.25, -0.2) is 0 Å². The fourth-order valence-electron chi connectivity index (χ4n) is 2.89. The maximum atomic E-state index is 12.5. The molecule has 7 heteroatoms. The van der Waals surface area contributed by atoms with Gasteiger partial charge in [-0.05, 0) is 24.6 Å². The first-order chi connectivity index (χ1) is 12.1. The van der Waals surface area contributed by atoms with Crippen molar-refractivity contribution >= 4 is 17.5 Å². The summed E-state index contributed by atoms with van der Waals surface area (Å²) >= 11 is 6.43. The molecule has 126 valence electrons. The zero-order chi connectivity index (χ0) is 17.4. The van der Waals surface area contributed by atoms with E-state index < -0.39 is 0 Å². The summed E-state index contributed by atoms with van der Waals surface area (Å²) in [5, 5.41) is 8.86. The number of benzene rings is 1. The highest BCUT2D eigenvalue weighted by Crippen LogP contribution is 2.28. The van der Waals surface area contributed by atoms with Crippen molar-refractivity contribution in [2.75, 3.05) is 13.1 Å². The van der Waals surface area contributed by atoms with Gasteiger partial charge in [0.1, 0.15) is 12.0 Å². The lowest BCUT2D eigenvalue weighted by Crippen LogP contribution is -2.28. The number of rotatable bonds is 3. The fraction of sp³-hybridized carbons (Fsp3) is 0.167. The molecule has 1 amide bonds. The Kier molecular flexibility index (Phi) is 3.89. The zero-order valence-corrected chi connectivity index (χ0v) is 14.4. The minimum Gasteiger partial charge on any atom is -0.356 e. The monoisotopic (exact) mass is 353 g/mol. The molecule has 1 aromatic carbocycles. The number of aromatic amines is 1. The number of hydrogen-bond acceptors (Lipinski definition) is 3. The van der Waals surface area contributed by atoms with Crippen molar-refractivity contribution in [2.45, 2.75) is 6.92 Å². The van der Waals surface area contributed by atoms with Gasteiger partial charge >= 0.3 is 0 Å². The second-order valence-corrected chi connectivity index (χ2v) is 6.29. The summed E-state index contributed by atoms with van der Waals surface area (Å²) in [6.45, 7) is 3.23. The van der Waals surface area contributed by atoms with Crippen LogP contribution in [0, 0.1) is 6.92 Å². The van der Waals surface area contributed by atoms with E-state index in [9.17, 15) is 4.79 Å². The van der Waals surface area contributed by atoms with E-state index in [0.717, 1.165) is 16.8 Å². The maximum Gasteiger partial charge on any atom is 0.270 e. The van der Waals surface area contributed by atoms with Crippen LogP contribution in [-0.2, 0) is 0 Å². The molecule has 1 aliphatic rings. The lowest BCUT2D eigenvalue weighted by molar-refractivity contribution is 0.0795. The molecule has 0 saturated heterocycles. The predicted molar refractivity (Wildman–Crippen MR) is 95.9 cm³/mol. The molecule has 2 aromatic heterocycles. The van der Waals surface area contributed by atoms with Crippen LogP contribution < -0.4 is 0 Å². The normalized spacial score (nSPS) is 13.6. The number of carbonyl (C=O) groups excluding carboxylic acids is 1. The highest BCUT2D eigenvalue weighted by atomic mass is 35.5. The molecular weight excluding hydrogens is 338 g/mol. The van der Waals surface area contributed by atoms with Crippen LogP contribution in [0.5, 0.6) is 0 Å². The van der Waals surface area contributed by atoms with Crippen molar-refractivity contribution in [1.29, 1.82) is 0 Å². The van der Waals surface area contributed by atoms with E-state index in [-0.39, 0.29) is 5.91 Å². The molecule has 0 fully saturated rings. The molecule has 4 rings (SSSR count). The number of halogens is 1. The SMILES string of the molecule is Cc1cccc(-n2cnnc2-c2c[nH]c(C(=O)N3CC=CC3)c2)c1Cl. The van der Waals surface area contributed by atoms with Crippen LogP contribution in [0.1, 0.15) is 16.1 Å². The molecule has 0 unspecified atom stereocenters. The first-order valence-electron chi connectivity index (χ1n) is 7.93. The minimum absolute atomic E-state index is 0.0316. The van der Waals surface area contributed by atoms with Crippen LogP contribution in [0.3, 0.4) is 0 Å². The molecule has 25 heavy (non-hydrogen) atoms. The number of H-pyrrole nitrogens is 1. The van der Waals surface area contributed by atoms with E-state index in [1.165, 1.54) is 0 Å². The van der Waals surface area contributed by atoms with Crippen molar-refractivity contribution in [3.63, 3.8) is 0 Å². The van der Waals surface area contributed by atoms with Crippen LogP contribution in [0.4, 0.5) is 0 Å². The minimum atomic E-state index is -0.0316. The Balaban J connectivity index is 1.69. The Morgan fingerprint density at radius 2 is 2.08 bits per heavy atom. The molecule has 0 aliphatic carbocycles. The van der Waals surface area contributed by atoms with Crippen molar-refractivity contribution < 1.29 is 4.79 Å². The van der Waals surface area contributed by atoms with Crippen molar-refractivity contribution in [1.82, 2.24) is 24.6 Å². The van der Waals surface area contributed by atoms with Gasteiger partial charge in [0, 0.05) is 24.8 Å². The number of carbonyl (C=O) groups is 1. The molecule has 0 atom stereocenters. The summed E-state index contributed by atoms with van der Waals surface area (Å²) in [4.78, 5) is 17.3. The Bertz CT molecular complexity index is 964. The van der Waals surface area contributed by atoms with E-state index in [1.807, 2.05) is 41.8 Å². The quantitative estimate of drug-likeness (QED) is 0.735. The first-order valence-corrected chi connectivity index (χ1v) is 8.31. The van der Waals surface area contributed by atoms with Gasteiger partial charge in [0.25, 0.3) is 5.91 Å². The summed E-state index contributed by atoms with van der Waals surface area (Å²) in [6.07, 6.45) is 7.35. The van der Waals surface area contributed by atoms with Gasteiger partial charge < -0.3 is 9.88 Å². The van der Waals surface area contributed by atoms with Crippen molar-refractivity contribution in [3.05, 3.63) is 65.2 Å². The summed E-state index contributed by atoms with van der Waals surface area (Å²) in [5.74, 6) is 0.596. The number of hydrogen-bond donors (Lipinski definition) is 1. The van der Waals surface area contributed by atoms with Crippen LogP contribution in [0.15, 0.2) is 48.9 Å². The lowest BCUT2D eigenvalue weighted by atomic mass is 10.2. The molecule has 0 saturated carbocycles. The summed E-state index contributed by atoms with van der Waals surface area (Å²) in [6, 6.07) is 7.60. The third kappa shape index (κ3) is 2.74. The molecule has 0 radical (unpaired) electrons. The molecular formula is C18H16ClN5O. The third-order valence-electron chi connectivity index (χ3n) is 4.26. The fourth-order valence-corrected chi connectivity index (χ4v) is 3.10. The second kappa shape index (κ2) is 6.22. The van der Waals surface area contributed by atoms with Gasteiger partial charge in [0.05, 0.1) is 10.7 Å². The molecule has 0 bridgehead atoms. The number of nitrogens with one attached hydrogen (secondary N) is 1. The topological polar surface area (TPSA) is 66.8 Å². The summed E-state index contributed by atoms with van der Waals surface area (Å²) in [5.41, 5.74) is 3.10. The van der Waals surface area contributed by atoms with E-state index in [0.29, 0.717) is 29.6 Å².